The molecule has 1 aliphatic heterocycles. The number of Topliss-reactive ketones (excluding diaryl/α,β-unsaturated/α-hetero) is 1. The second-order valence-electron chi connectivity index (χ2n) is 5.28. The lowest BCUT2D eigenvalue weighted by Crippen LogP contribution is -2.21. The maximum absolute atomic E-state index is 12.2. The summed E-state index contributed by atoms with van der Waals surface area (Å²) < 4.78 is 5.07. The number of carbonyl (C=O) groups excluding carboxylic acids is 2. The number of hydrogen-bond donors (Lipinski definition) is 2. The SMILES string of the molecule is COc1ccc(/C(O)=C2\C(=O)C(=O)NC2c2ccc(Cl)cc2)cc1.Cl. The van der Waals surface area contributed by atoms with E-state index in [1.807, 2.05) is 0 Å². The third-order valence-electron chi connectivity index (χ3n) is 3.84. The van der Waals surface area contributed by atoms with Crippen molar-refractivity contribution in [2.24, 2.45) is 0 Å². The lowest BCUT2D eigenvalue weighted by atomic mass is 9.96. The molecular weight excluding hydrogens is 365 g/mol. The fraction of sp³-hybridized carbons (Fsp3) is 0.111. The van der Waals surface area contributed by atoms with Gasteiger partial charge in [0, 0.05) is 10.6 Å². The number of rotatable bonds is 3. The first-order valence-corrected chi connectivity index (χ1v) is 7.57. The van der Waals surface area contributed by atoms with Gasteiger partial charge in [0.1, 0.15) is 11.5 Å². The van der Waals surface area contributed by atoms with E-state index in [-0.39, 0.29) is 23.7 Å². The molecule has 5 nitrogen and oxygen atoms in total. The van der Waals surface area contributed by atoms with Crippen molar-refractivity contribution < 1.29 is 19.4 Å². The van der Waals surface area contributed by atoms with Crippen LogP contribution in [0.5, 0.6) is 5.75 Å². The molecule has 2 aromatic rings. The Morgan fingerprint density at radius 3 is 2.24 bits per heavy atom. The number of halogens is 2. The number of methoxy groups -OCH3 is 1. The molecule has 1 heterocycles. The monoisotopic (exact) mass is 379 g/mol. The van der Waals surface area contributed by atoms with E-state index in [0.717, 1.165) is 0 Å². The Morgan fingerprint density at radius 2 is 1.68 bits per heavy atom. The summed E-state index contributed by atoms with van der Waals surface area (Å²) in [6.07, 6.45) is 0. The van der Waals surface area contributed by atoms with Crippen molar-refractivity contribution in [1.82, 2.24) is 5.32 Å². The Bertz CT molecular complexity index is 829. The molecule has 3 rings (SSSR count). The largest absolute Gasteiger partial charge is 0.507 e. The second-order valence-corrected chi connectivity index (χ2v) is 5.71. The van der Waals surface area contributed by atoms with Gasteiger partial charge >= 0.3 is 0 Å². The van der Waals surface area contributed by atoms with E-state index in [4.69, 9.17) is 16.3 Å². The molecule has 2 aromatic carbocycles. The van der Waals surface area contributed by atoms with Crippen LogP contribution in [-0.2, 0) is 9.59 Å². The van der Waals surface area contributed by atoms with Crippen molar-refractivity contribution in [3.63, 3.8) is 0 Å². The fourth-order valence-corrected chi connectivity index (χ4v) is 2.70. The zero-order valence-corrected chi connectivity index (χ0v) is 14.7. The molecule has 0 spiro atoms. The third kappa shape index (κ3) is 3.62. The van der Waals surface area contributed by atoms with Crippen molar-refractivity contribution in [1.29, 1.82) is 0 Å². The maximum atomic E-state index is 12.2. The zero-order chi connectivity index (χ0) is 17.3. The summed E-state index contributed by atoms with van der Waals surface area (Å²) in [5.74, 6) is -1.10. The van der Waals surface area contributed by atoms with Gasteiger partial charge in [-0.3, -0.25) is 9.59 Å². The minimum absolute atomic E-state index is 0. The molecule has 1 amide bonds. The average Bonchev–Trinajstić information content (AvgIpc) is 2.90. The lowest BCUT2D eigenvalue weighted by molar-refractivity contribution is -0.133. The highest BCUT2D eigenvalue weighted by atomic mass is 35.5. The Balaban J connectivity index is 0.00000225. The highest BCUT2D eigenvalue weighted by Crippen LogP contribution is 2.33. The number of nitrogens with one attached hydrogen (secondary N) is 1. The van der Waals surface area contributed by atoms with Crippen LogP contribution in [0.3, 0.4) is 0 Å². The fourth-order valence-electron chi connectivity index (χ4n) is 2.58. The van der Waals surface area contributed by atoms with Gasteiger partial charge < -0.3 is 15.2 Å². The van der Waals surface area contributed by atoms with Gasteiger partial charge in [0.05, 0.1) is 18.7 Å². The van der Waals surface area contributed by atoms with E-state index in [1.54, 1.807) is 48.5 Å². The molecule has 0 aliphatic carbocycles. The summed E-state index contributed by atoms with van der Waals surface area (Å²) in [5, 5.41) is 13.7. The third-order valence-corrected chi connectivity index (χ3v) is 4.09. The van der Waals surface area contributed by atoms with E-state index in [9.17, 15) is 14.7 Å². The molecule has 0 aromatic heterocycles. The summed E-state index contributed by atoms with van der Waals surface area (Å²) in [6.45, 7) is 0. The van der Waals surface area contributed by atoms with Crippen LogP contribution >= 0.6 is 24.0 Å². The van der Waals surface area contributed by atoms with Crippen molar-refractivity contribution in [2.75, 3.05) is 7.11 Å². The number of aliphatic hydroxyl groups excluding tert-OH is 1. The van der Waals surface area contributed by atoms with Crippen LogP contribution in [0.15, 0.2) is 54.1 Å². The number of hydrogen-bond acceptors (Lipinski definition) is 4. The molecule has 0 radical (unpaired) electrons. The van der Waals surface area contributed by atoms with Crippen LogP contribution in [0.1, 0.15) is 17.2 Å². The predicted molar refractivity (Wildman–Crippen MR) is 97.1 cm³/mol. The summed E-state index contributed by atoms with van der Waals surface area (Å²) in [7, 11) is 1.53. The molecular formula is C18H15Cl2NO4. The number of ketones is 1. The van der Waals surface area contributed by atoms with E-state index in [2.05, 4.69) is 5.32 Å². The van der Waals surface area contributed by atoms with E-state index >= 15 is 0 Å². The van der Waals surface area contributed by atoms with Crippen LogP contribution in [0.25, 0.3) is 5.76 Å². The minimum Gasteiger partial charge on any atom is -0.507 e. The highest BCUT2D eigenvalue weighted by molar-refractivity contribution is 6.46. The molecule has 1 saturated heterocycles. The number of benzene rings is 2. The summed E-state index contributed by atoms with van der Waals surface area (Å²) in [4.78, 5) is 24.0. The Labute approximate surface area is 155 Å². The van der Waals surface area contributed by atoms with Crippen LogP contribution in [0.4, 0.5) is 0 Å². The summed E-state index contributed by atoms with van der Waals surface area (Å²) >= 11 is 5.87. The second kappa shape index (κ2) is 7.59. The Hall–Kier alpha value is -2.50. The van der Waals surface area contributed by atoms with Gasteiger partial charge in [0.15, 0.2) is 0 Å². The average molecular weight is 380 g/mol. The molecule has 1 unspecified atom stereocenters. The van der Waals surface area contributed by atoms with Crippen LogP contribution in [0, 0.1) is 0 Å². The smallest absolute Gasteiger partial charge is 0.293 e. The topological polar surface area (TPSA) is 75.6 Å². The minimum atomic E-state index is -0.747. The van der Waals surface area contributed by atoms with E-state index < -0.39 is 17.7 Å². The van der Waals surface area contributed by atoms with Crippen LogP contribution < -0.4 is 10.1 Å². The predicted octanol–water partition coefficient (Wildman–Crippen LogP) is 3.48. The highest BCUT2D eigenvalue weighted by Gasteiger charge is 2.39. The van der Waals surface area contributed by atoms with Gasteiger partial charge in [0.2, 0.25) is 0 Å². The van der Waals surface area contributed by atoms with E-state index in [1.165, 1.54) is 7.11 Å². The van der Waals surface area contributed by atoms with Gasteiger partial charge in [-0.1, -0.05) is 23.7 Å². The van der Waals surface area contributed by atoms with Gasteiger partial charge in [-0.25, -0.2) is 0 Å². The molecule has 1 aliphatic rings. The van der Waals surface area contributed by atoms with Gasteiger partial charge in [-0.15, -0.1) is 12.4 Å². The molecule has 1 fully saturated rings. The number of carbonyl (C=O) groups is 2. The zero-order valence-electron chi connectivity index (χ0n) is 13.2. The van der Waals surface area contributed by atoms with Gasteiger partial charge in [-0.05, 0) is 42.0 Å². The normalized spacial score (nSPS) is 18.4. The number of amides is 1. The molecule has 2 N–H and O–H groups in total. The Morgan fingerprint density at radius 1 is 1.08 bits per heavy atom. The first-order valence-electron chi connectivity index (χ1n) is 7.19. The first kappa shape index (κ1) is 18.8. The van der Waals surface area contributed by atoms with Crippen LogP contribution in [0.2, 0.25) is 5.02 Å². The first-order chi connectivity index (χ1) is 11.5. The van der Waals surface area contributed by atoms with Crippen molar-refractivity contribution in [2.45, 2.75) is 6.04 Å². The molecule has 0 saturated carbocycles. The standard InChI is InChI=1S/C18H14ClNO4.ClH/c1-24-13-8-4-11(5-9-13)16(21)14-15(20-18(23)17(14)22)10-2-6-12(19)7-3-10;/h2-9,15,21H,1H3,(H,20,23);1H/b16-14+;. The molecule has 1 atom stereocenters. The number of ether oxygens (including phenoxy) is 1. The molecule has 0 bridgehead atoms. The van der Waals surface area contributed by atoms with Crippen molar-refractivity contribution in [3.8, 4) is 5.75 Å². The van der Waals surface area contributed by atoms with Crippen molar-refractivity contribution in [3.05, 3.63) is 70.3 Å². The maximum Gasteiger partial charge on any atom is 0.293 e. The Kier molecular flexibility index (Phi) is 5.72. The summed E-state index contributed by atoms with van der Waals surface area (Å²) in [5.41, 5.74) is 1.11. The quantitative estimate of drug-likeness (QED) is 0.486. The van der Waals surface area contributed by atoms with Crippen molar-refractivity contribution >= 4 is 41.5 Å². The molecule has 25 heavy (non-hydrogen) atoms. The van der Waals surface area contributed by atoms with Gasteiger partial charge in [-0.2, -0.15) is 0 Å². The molecule has 7 heteroatoms. The van der Waals surface area contributed by atoms with Crippen LogP contribution in [-0.4, -0.2) is 23.9 Å². The van der Waals surface area contributed by atoms with Gasteiger partial charge in [0.25, 0.3) is 11.7 Å². The lowest BCUT2D eigenvalue weighted by Gasteiger charge is -2.14. The number of aliphatic hydroxyl groups is 1. The van der Waals surface area contributed by atoms with E-state index in [0.29, 0.717) is 21.9 Å². The summed E-state index contributed by atoms with van der Waals surface area (Å²) in [6, 6.07) is 12.6. The molecule has 130 valence electrons.